The molecule has 0 atom stereocenters. The van der Waals surface area contributed by atoms with E-state index >= 15 is 0 Å². The van der Waals surface area contributed by atoms with Crippen LogP contribution in [0.1, 0.15) is 18.9 Å². The third-order valence-electron chi connectivity index (χ3n) is 2.49. The third kappa shape index (κ3) is 2.93. The highest BCUT2D eigenvalue weighted by Crippen LogP contribution is 2.38. The van der Waals surface area contributed by atoms with Crippen LogP contribution in [0, 0.1) is 0 Å². The minimum Gasteiger partial charge on any atom is -0.489 e. The molecule has 0 unspecified atom stereocenters. The van der Waals surface area contributed by atoms with Gasteiger partial charge in [-0.15, -0.1) is 0 Å². The van der Waals surface area contributed by atoms with Crippen LogP contribution in [0.2, 0.25) is 5.02 Å². The minimum atomic E-state index is 0.0338. The van der Waals surface area contributed by atoms with Crippen LogP contribution in [0.5, 0.6) is 11.5 Å². The maximum absolute atomic E-state index is 8.99. The van der Waals surface area contributed by atoms with Crippen LogP contribution in [0.4, 0.5) is 0 Å². The lowest BCUT2D eigenvalue weighted by molar-refractivity contribution is 0.297. The van der Waals surface area contributed by atoms with Gasteiger partial charge in [0.1, 0.15) is 0 Å². The summed E-state index contributed by atoms with van der Waals surface area (Å²) in [7, 11) is 0. The topological polar surface area (TPSA) is 38.7 Å². The smallest absolute Gasteiger partial charge is 0.179 e. The highest BCUT2D eigenvalue weighted by molar-refractivity contribution is 6.32. The molecule has 0 spiro atoms. The molecule has 1 aliphatic heterocycles. The van der Waals surface area contributed by atoms with E-state index in [1.54, 1.807) is 0 Å². The second-order valence-electron chi connectivity index (χ2n) is 4.03. The molecule has 2 rings (SSSR count). The predicted octanol–water partition coefficient (Wildman–Crippen LogP) is 2.90. The largest absolute Gasteiger partial charge is 0.489 e. The average molecular weight is 255 g/mol. The van der Waals surface area contributed by atoms with E-state index in [1.807, 2.05) is 25.1 Å². The van der Waals surface area contributed by atoms with Crippen molar-refractivity contribution in [3.8, 4) is 11.5 Å². The molecule has 17 heavy (non-hydrogen) atoms. The Kier molecular flexibility index (Phi) is 3.92. The van der Waals surface area contributed by atoms with Gasteiger partial charge in [0, 0.05) is 6.42 Å². The monoisotopic (exact) mass is 254 g/mol. The summed E-state index contributed by atoms with van der Waals surface area (Å²) in [4.78, 5) is 0. The second-order valence-corrected chi connectivity index (χ2v) is 4.44. The van der Waals surface area contributed by atoms with Gasteiger partial charge in [0.2, 0.25) is 0 Å². The summed E-state index contributed by atoms with van der Waals surface area (Å²) in [5.41, 5.74) is 1.78. The van der Waals surface area contributed by atoms with Crippen molar-refractivity contribution in [2.24, 2.45) is 0 Å². The molecule has 1 N–H and O–H groups in total. The molecule has 92 valence electrons. The van der Waals surface area contributed by atoms with Crippen molar-refractivity contribution in [2.75, 3.05) is 19.8 Å². The van der Waals surface area contributed by atoms with E-state index in [-0.39, 0.29) is 6.61 Å². The Morgan fingerprint density at radius 1 is 1.41 bits per heavy atom. The standard InChI is InChI=1S/C13H15ClO3/c1-9(8-15)5-10-6-11(14)13-12(7-10)16-3-2-4-17-13/h5-7,15H,2-4,8H2,1H3. The van der Waals surface area contributed by atoms with Crippen LogP contribution in [0.25, 0.3) is 6.08 Å². The fourth-order valence-electron chi connectivity index (χ4n) is 1.66. The van der Waals surface area contributed by atoms with Gasteiger partial charge in [-0.2, -0.15) is 0 Å². The van der Waals surface area contributed by atoms with Crippen molar-refractivity contribution in [1.82, 2.24) is 0 Å². The number of aliphatic hydroxyl groups is 1. The Hall–Kier alpha value is -1.19. The molecular formula is C13H15ClO3. The summed E-state index contributed by atoms with van der Waals surface area (Å²) < 4.78 is 11.1. The fraction of sp³-hybridized carbons (Fsp3) is 0.385. The lowest BCUT2D eigenvalue weighted by Gasteiger charge is -2.10. The van der Waals surface area contributed by atoms with E-state index in [2.05, 4.69) is 0 Å². The molecule has 0 saturated heterocycles. The van der Waals surface area contributed by atoms with Gasteiger partial charge in [0.25, 0.3) is 0 Å². The van der Waals surface area contributed by atoms with Crippen LogP contribution in [0.3, 0.4) is 0 Å². The lowest BCUT2D eigenvalue weighted by atomic mass is 10.1. The number of fused-ring (bicyclic) bond motifs is 1. The second kappa shape index (κ2) is 5.43. The van der Waals surface area contributed by atoms with E-state index in [0.717, 1.165) is 17.6 Å². The van der Waals surface area contributed by atoms with Gasteiger partial charge in [-0.3, -0.25) is 0 Å². The molecule has 0 bridgehead atoms. The molecule has 0 fully saturated rings. The van der Waals surface area contributed by atoms with Gasteiger partial charge >= 0.3 is 0 Å². The van der Waals surface area contributed by atoms with Gasteiger partial charge in [0.15, 0.2) is 11.5 Å². The lowest BCUT2D eigenvalue weighted by Crippen LogP contribution is -1.97. The van der Waals surface area contributed by atoms with Gasteiger partial charge < -0.3 is 14.6 Å². The third-order valence-corrected chi connectivity index (χ3v) is 2.77. The summed E-state index contributed by atoms with van der Waals surface area (Å²) in [5.74, 6) is 1.29. The Balaban J connectivity index is 2.38. The zero-order valence-corrected chi connectivity index (χ0v) is 10.5. The van der Waals surface area contributed by atoms with Gasteiger partial charge in [-0.1, -0.05) is 17.7 Å². The Morgan fingerprint density at radius 2 is 2.18 bits per heavy atom. The van der Waals surface area contributed by atoms with Crippen LogP contribution in [-0.2, 0) is 0 Å². The summed E-state index contributed by atoms with van der Waals surface area (Å²) >= 11 is 6.15. The highest BCUT2D eigenvalue weighted by atomic mass is 35.5. The molecule has 1 aromatic rings. The number of ether oxygens (including phenoxy) is 2. The number of benzene rings is 1. The maximum Gasteiger partial charge on any atom is 0.179 e. The van der Waals surface area contributed by atoms with Gasteiger partial charge in [-0.05, 0) is 30.2 Å². The van der Waals surface area contributed by atoms with Crippen molar-refractivity contribution >= 4 is 17.7 Å². The Morgan fingerprint density at radius 3 is 2.94 bits per heavy atom. The zero-order chi connectivity index (χ0) is 12.3. The molecule has 0 saturated carbocycles. The van der Waals surface area contributed by atoms with Crippen molar-refractivity contribution in [2.45, 2.75) is 13.3 Å². The molecule has 3 nitrogen and oxygen atoms in total. The number of hydrogen-bond donors (Lipinski definition) is 1. The van der Waals surface area contributed by atoms with Crippen LogP contribution < -0.4 is 9.47 Å². The number of rotatable bonds is 2. The molecule has 1 aliphatic rings. The molecule has 1 heterocycles. The van der Waals surface area contributed by atoms with Crippen molar-refractivity contribution < 1.29 is 14.6 Å². The van der Waals surface area contributed by atoms with Crippen LogP contribution >= 0.6 is 11.6 Å². The number of aliphatic hydroxyl groups excluding tert-OH is 1. The maximum atomic E-state index is 8.99. The first-order chi connectivity index (χ1) is 8.20. The molecule has 0 aromatic heterocycles. The average Bonchev–Trinajstić information content (AvgIpc) is 2.54. The highest BCUT2D eigenvalue weighted by Gasteiger charge is 2.14. The first kappa shape index (κ1) is 12.3. The number of halogens is 1. The summed E-state index contributed by atoms with van der Waals surface area (Å²) in [6.45, 7) is 3.15. The summed E-state index contributed by atoms with van der Waals surface area (Å²) in [5, 5.41) is 9.53. The Bertz CT molecular complexity index is 441. The zero-order valence-electron chi connectivity index (χ0n) is 9.70. The quantitative estimate of drug-likeness (QED) is 0.882. The van der Waals surface area contributed by atoms with Gasteiger partial charge in [-0.25, -0.2) is 0 Å². The molecule has 0 amide bonds. The Labute approximate surface area is 106 Å². The van der Waals surface area contributed by atoms with Gasteiger partial charge in [0.05, 0.1) is 24.8 Å². The fourth-order valence-corrected chi connectivity index (χ4v) is 1.94. The summed E-state index contributed by atoms with van der Waals surface area (Å²) in [6, 6.07) is 3.69. The molecule has 4 heteroatoms. The molecule has 0 aliphatic carbocycles. The van der Waals surface area contributed by atoms with Crippen LogP contribution in [0.15, 0.2) is 17.7 Å². The molecule has 1 aromatic carbocycles. The van der Waals surface area contributed by atoms with E-state index in [9.17, 15) is 0 Å². The van der Waals surface area contributed by atoms with Crippen molar-refractivity contribution in [1.29, 1.82) is 0 Å². The summed E-state index contributed by atoms with van der Waals surface area (Å²) in [6.07, 6.45) is 2.73. The predicted molar refractivity (Wildman–Crippen MR) is 67.8 cm³/mol. The van der Waals surface area contributed by atoms with E-state index in [0.29, 0.717) is 29.7 Å². The minimum absolute atomic E-state index is 0.0338. The van der Waals surface area contributed by atoms with Crippen LogP contribution in [-0.4, -0.2) is 24.9 Å². The van der Waals surface area contributed by atoms with E-state index in [4.69, 9.17) is 26.2 Å². The molecular weight excluding hydrogens is 240 g/mol. The normalized spacial score (nSPS) is 15.6. The number of hydrogen-bond acceptors (Lipinski definition) is 3. The van der Waals surface area contributed by atoms with Crippen molar-refractivity contribution in [3.63, 3.8) is 0 Å². The van der Waals surface area contributed by atoms with E-state index in [1.165, 1.54) is 0 Å². The van der Waals surface area contributed by atoms with E-state index < -0.39 is 0 Å². The first-order valence-electron chi connectivity index (χ1n) is 5.58. The SMILES string of the molecule is CC(=Cc1cc(Cl)c2c(c1)OCCCO2)CO. The first-order valence-corrected chi connectivity index (χ1v) is 5.95. The molecule has 0 radical (unpaired) electrons. The van der Waals surface area contributed by atoms with Crippen molar-refractivity contribution in [3.05, 3.63) is 28.3 Å².